The number of aliphatic imine (C=N–C) groups is 1. The van der Waals surface area contributed by atoms with Crippen LogP contribution < -0.4 is 0 Å². The lowest BCUT2D eigenvalue weighted by molar-refractivity contribution is -0.527. The van der Waals surface area contributed by atoms with Gasteiger partial charge in [-0.3, -0.25) is 9.37 Å². The normalized spacial score (nSPS) is 16.8. The van der Waals surface area contributed by atoms with Gasteiger partial charge in [-0.2, -0.15) is 0 Å². The standard InChI is InChI=1S/C37H58N4O2S2/c1-5-7-9-11-13-15-17-19-21-23-27-41(28-24-22-20-18-16-14-12-10-8-6-2)37-38-29(3)36(45-37)33-34(42)31(35(33)43)25-26-32-40-39-30(4)44-32/h25-26H,5-24,27-28H2,1-4H3/p+1. The van der Waals surface area contributed by atoms with E-state index in [4.69, 9.17) is 4.99 Å². The number of carbonyl (C=O) groups excluding carboxylic acids is 1. The Kier molecular flexibility index (Phi) is 18.0. The summed E-state index contributed by atoms with van der Waals surface area (Å²) < 4.78 is 2.44. The number of amidine groups is 1. The molecule has 0 aromatic carbocycles. The number of ketones is 1. The lowest BCUT2D eigenvalue weighted by atomic mass is 9.87. The van der Waals surface area contributed by atoms with Gasteiger partial charge in [-0.05, 0) is 49.8 Å². The van der Waals surface area contributed by atoms with Crippen LogP contribution in [0.15, 0.2) is 32.9 Å². The van der Waals surface area contributed by atoms with E-state index in [-0.39, 0.29) is 11.5 Å². The summed E-state index contributed by atoms with van der Waals surface area (Å²) in [6, 6.07) is 0. The third-order valence-electron chi connectivity index (χ3n) is 8.74. The molecule has 0 saturated heterocycles. The van der Waals surface area contributed by atoms with Gasteiger partial charge in [-0.25, -0.2) is 0 Å². The molecule has 0 spiro atoms. The van der Waals surface area contributed by atoms with Crippen molar-refractivity contribution >= 4 is 45.8 Å². The first-order valence-corrected chi connectivity index (χ1v) is 19.7. The van der Waals surface area contributed by atoms with E-state index < -0.39 is 0 Å². The van der Waals surface area contributed by atoms with Crippen LogP contribution in [0.4, 0.5) is 0 Å². The van der Waals surface area contributed by atoms with Crippen LogP contribution in [0, 0.1) is 6.92 Å². The Morgan fingerprint density at radius 1 is 0.689 bits per heavy atom. The van der Waals surface area contributed by atoms with Gasteiger partial charge in [0.2, 0.25) is 5.78 Å². The quantitative estimate of drug-likeness (QED) is 0.0681. The van der Waals surface area contributed by atoms with Crippen molar-refractivity contribution in [2.45, 2.75) is 156 Å². The van der Waals surface area contributed by atoms with Gasteiger partial charge in [-0.15, -0.1) is 10.2 Å². The zero-order chi connectivity index (χ0) is 32.3. The molecule has 3 rings (SSSR count). The van der Waals surface area contributed by atoms with Gasteiger partial charge in [0, 0.05) is 18.7 Å². The summed E-state index contributed by atoms with van der Waals surface area (Å²) in [5, 5.41) is 21.5. The fraction of sp³-hybridized carbons (Fsp3) is 0.703. The molecule has 1 N–H and O–H groups in total. The zero-order valence-corrected chi connectivity index (χ0v) is 30.3. The second kappa shape index (κ2) is 21.7. The van der Waals surface area contributed by atoms with Gasteiger partial charge in [0.1, 0.15) is 15.8 Å². The largest absolute Gasteiger partial charge is 0.506 e. The van der Waals surface area contributed by atoms with Crippen LogP contribution in [-0.4, -0.2) is 49.6 Å². The number of carbonyl (C=O) groups is 1. The predicted molar refractivity (Wildman–Crippen MR) is 195 cm³/mol. The number of allylic oxidation sites excluding steroid dienone is 4. The Morgan fingerprint density at radius 2 is 1.18 bits per heavy atom. The number of nitrogens with zero attached hydrogens (tertiary/aromatic N) is 4. The topological polar surface area (TPSA) is 78.5 Å². The van der Waals surface area contributed by atoms with E-state index >= 15 is 0 Å². The number of hydrogen-bond donors (Lipinski definition) is 1. The SMILES string of the molecule is CCCCCCCCCCCC[N+](CCCCCCCCCCCC)=C1N=C(C)/C(=C2/C(=O)C(/C=C/c3nnc(C)s3)=C2O)S1. The number of hydrogen-bond acceptors (Lipinski definition) is 6. The number of thioether (sulfide) groups is 1. The highest BCUT2D eigenvalue weighted by atomic mass is 32.2. The number of aliphatic hydroxyl groups is 1. The van der Waals surface area contributed by atoms with E-state index in [1.807, 2.05) is 13.8 Å². The molecule has 1 aliphatic carbocycles. The maximum absolute atomic E-state index is 13.1. The molecule has 250 valence electrons. The molecule has 0 atom stereocenters. The van der Waals surface area contributed by atoms with E-state index in [1.165, 1.54) is 140 Å². The first-order valence-electron chi connectivity index (χ1n) is 18.0. The number of aryl methyl sites for hydroxylation is 1. The van der Waals surface area contributed by atoms with E-state index in [0.29, 0.717) is 11.1 Å². The van der Waals surface area contributed by atoms with E-state index in [0.717, 1.165) is 38.9 Å². The molecule has 0 saturated carbocycles. The van der Waals surface area contributed by atoms with Crippen molar-refractivity contribution in [1.82, 2.24) is 10.2 Å². The number of aliphatic hydroxyl groups excluding tert-OH is 1. The molecule has 1 aromatic heterocycles. The summed E-state index contributed by atoms with van der Waals surface area (Å²) in [5.74, 6) is -0.0639. The summed E-state index contributed by atoms with van der Waals surface area (Å²) >= 11 is 3.02. The molecule has 45 heavy (non-hydrogen) atoms. The summed E-state index contributed by atoms with van der Waals surface area (Å²) in [6.45, 7) is 10.4. The third kappa shape index (κ3) is 12.9. The zero-order valence-electron chi connectivity index (χ0n) is 28.7. The highest BCUT2D eigenvalue weighted by Crippen LogP contribution is 2.40. The summed E-state index contributed by atoms with van der Waals surface area (Å²) in [4.78, 5) is 18.8. The van der Waals surface area contributed by atoms with E-state index in [1.54, 1.807) is 23.9 Å². The van der Waals surface area contributed by atoms with Crippen LogP contribution in [0.25, 0.3) is 6.08 Å². The Bertz CT molecular complexity index is 1200. The monoisotopic (exact) mass is 655 g/mol. The van der Waals surface area contributed by atoms with Gasteiger partial charge < -0.3 is 5.11 Å². The average molecular weight is 656 g/mol. The Morgan fingerprint density at radius 3 is 1.62 bits per heavy atom. The van der Waals surface area contributed by atoms with Gasteiger partial charge in [0.05, 0.1) is 29.1 Å². The van der Waals surface area contributed by atoms with Crippen molar-refractivity contribution in [1.29, 1.82) is 0 Å². The predicted octanol–water partition coefficient (Wildman–Crippen LogP) is 10.9. The highest BCUT2D eigenvalue weighted by molar-refractivity contribution is 8.18. The van der Waals surface area contributed by atoms with Crippen molar-refractivity contribution < 1.29 is 14.5 Å². The van der Waals surface area contributed by atoms with Crippen LogP contribution in [0.1, 0.15) is 159 Å². The lowest BCUT2D eigenvalue weighted by Gasteiger charge is -2.19. The molecule has 6 nitrogen and oxygen atoms in total. The molecular formula is C37H59N4O2S2+. The molecule has 0 bridgehead atoms. The van der Waals surface area contributed by atoms with Crippen LogP contribution in [0.5, 0.6) is 0 Å². The average Bonchev–Trinajstić information content (AvgIpc) is 3.62. The van der Waals surface area contributed by atoms with Crippen LogP contribution >= 0.6 is 23.1 Å². The minimum Gasteiger partial charge on any atom is -0.506 e. The minimum atomic E-state index is -0.126. The first kappa shape index (κ1) is 37.4. The molecule has 1 aromatic rings. The van der Waals surface area contributed by atoms with Gasteiger partial charge in [-0.1, -0.05) is 128 Å². The van der Waals surface area contributed by atoms with Crippen molar-refractivity contribution in [3.8, 4) is 0 Å². The second-order valence-corrected chi connectivity index (χ2v) is 14.9. The molecule has 0 amide bonds. The summed E-state index contributed by atoms with van der Waals surface area (Å²) in [7, 11) is 0. The lowest BCUT2D eigenvalue weighted by Crippen LogP contribution is -2.23. The molecular weight excluding hydrogens is 597 g/mol. The van der Waals surface area contributed by atoms with Crippen LogP contribution in [0.3, 0.4) is 0 Å². The Labute approximate surface area is 281 Å². The highest BCUT2D eigenvalue weighted by Gasteiger charge is 2.41. The molecule has 2 aliphatic rings. The van der Waals surface area contributed by atoms with Gasteiger partial charge >= 0.3 is 5.17 Å². The minimum absolute atomic E-state index is 0.0618. The first-order chi connectivity index (χ1) is 22.0. The fourth-order valence-corrected chi connectivity index (χ4v) is 7.72. The van der Waals surface area contributed by atoms with Crippen molar-refractivity contribution in [2.24, 2.45) is 4.99 Å². The van der Waals surface area contributed by atoms with Gasteiger partial charge in [0.25, 0.3) is 0 Å². The Balaban J connectivity index is 1.56. The maximum Gasteiger partial charge on any atom is 0.359 e. The second-order valence-electron chi connectivity index (χ2n) is 12.7. The maximum atomic E-state index is 13.1. The fourth-order valence-electron chi connectivity index (χ4n) is 5.95. The molecule has 0 fully saturated rings. The molecule has 8 heteroatoms. The summed E-state index contributed by atoms with van der Waals surface area (Å²) in [6.07, 6.45) is 30.0. The van der Waals surface area contributed by atoms with Crippen molar-refractivity contribution in [2.75, 3.05) is 13.1 Å². The number of aromatic nitrogens is 2. The molecule has 1 aliphatic heterocycles. The van der Waals surface area contributed by atoms with Gasteiger partial charge in [0.15, 0.2) is 5.71 Å². The Hall–Kier alpha value is -2.06. The van der Waals surface area contributed by atoms with Crippen LogP contribution in [-0.2, 0) is 4.79 Å². The number of rotatable bonds is 24. The van der Waals surface area contributed by atoms with E-state index in [2.05, 4.69) is 28.6 Å². The molecule has 0 unspecified atom stereocenters. The smallest absolute Gasteiger partial charge is 0.359 e. The number of Topliss-reactive ketones (excluding diaryl/α,β-unsaturated/α-hetero) is 1. The molecule has 2 heterocycles. The van der Waals surface area contributed by atoms with E-state index in [9.17, 15) is 9.90 Å². The van der Waals surface area contributed by atoms with Crippen LogP contribution in [0.2, 0.25) is 0 Å². The third-order valence-corrected chi connectivity index (χ3v) is 10.8. The molecule has 0 radical (unpaired) electrons. The number of unbranched alkanes of at least 4 members (excludes halogenated alkanes) is 18. The van der Waals surface area contributed by atoms with Crippen molar-refractivity contribution in [3.63, 3.8) is 0 Å². The summed E-state index contributed by atoms with van der Waals surface area (Å²) in [5.41, 5.74) is 1.56. The van der Waals surface area contributed by atoms with Crippen molar-refractivity contribution in [3.05, 3.63) is 37.9 Å².